The number of aromatic hydroxyl groups is 1. The number of nitrogens with zero attached hydrogens (tertiary/aromatic N) is 1. The number of rotatable bonds is 4. The summed E-state index contributed by atoms with van der Waals surface area (Å²) < 4.78 is 37.0. The van der Waals surface area contributed by atoms with Gasteiger partial charge in [-0.3, -0.25) is 0 Å². The molecule has 1 aromatic carbocycles. The summed E-state index contributed by atoms with van der Waals surface area (Å²) in [6.07, 6.45) is -2.87. The number of hydrogen-bond donors (Lipinski definition) is 2. The maximum Gasteiger partial charge on any atom is 0.417 e. The Balaban J connectivity index is 1.87. The highest BCUT2D eigenvalue weighted by Crippen LogP contribution is 2.28. The van der Waals surface area contributed by atoms with Crippen molar-refractivity contribution < 1.29 is 18.3 Å². The van der Waals surface area contributed by atoms with Gasteiger partial charge in [0.05, 0.1) is 5.56 Å². The summed E-state index contributed by atoms with van der Waals surface area (Å²) in [7, 11) is 0. The van der Waals surface area contributed by atoms with E-state index in [-0.39, 0.29) is 5.75 Å². The molecule has 0 aliphatic carbocycles. The maximum atomic E-state index is 12.3. The average Bonchev–Trinajstić information content (AvgIpc) is 2.41. The predicted molar refractivity (Wildman–Crippen MR) is 69.5 cm³/mol. The van der Waals surface area contributed by atoms with Crippen molar-refractivity contribution in [1.29, 1.82) is 0 Å². The number of halogens is 3. The first kappa shape index (κ1) is 14.2. The first-order valence-corrected chi connectivity index (χ1v) is 6.00. The Morgan fingerprint density at radius 1 is 1.05 bits per heavy atom. The Kier molecular flexibility index (Phi) is 4.12. The highest BCUT2D eigenvalue weighted by atomic mass is 19.4. The van der Waals surface area contributed by atoms with Gasteiger partial charge >= 0.3 is 6.18 Å². The lowest BCUT2D eigenvalue weighted by atomic mass is 10.1. The minimum absolute atomic E-state index is 0.200. The summed E-state index contributed by atoms with van der Waals surface area (Å²) in [5, 5.41) is 12.1. The van der Waals surface area contributed by atoms with Gasteiger partial charge in [0.2, 0.25) is 0 Å². The van der Waals surface area contributed by atoms with Gasteiger partial charge in [0.15, 0.2) is 0 Å². The third-order valence-corrected chi connectivity index (χ3v) is 2.75. The second-order valence-electron chi connectivity index (χ2n) is 4.27. The van der Waals surface area contributed by atoms with Gasteiger partial charge in [0.1, 0.15) is 11.6 Å². The molecule has 0 unspecified atom stereocenters. The van der Waals surface area contributed by atoms with Crippen LogP contribution < -0.4 is 5.32 Å². The molecule has 0 bridgehead atoms. The van der Waals surface area contributed by atoms with E-state index >= 15 is 0 Å². The van der Waals surface area contributed by atoms with E-state index in [2.05, 4.69) is 10.3 Å². The summed E-state index contributed by atoms with van der Waals surface area (Å²) in [6.45, 7) is 0.545. The van der Waals surface area contributed by atoms with Crippen molar-refractivity contribution in [1.82, 2.24) is 4.98 Å². The third-order valence-electron chi connectivity index (χ3n) is 2.75. The van der Waals surface area contributed by atoms with Crippen molar-refractivity contribution >= 4 is 5.82 Å². The molecule has 1 heterocycles. The molecule has 0 aliphatic heterocycles. The topological polar surface area (TPSA) is 45.1 Å². The molecule has 0 amide bonds. The molecule has 106 valence electrons. The van der Waals surface area contributed by atoms with Crippen LogP contribution in [0.25, 0.3) is 0 Å². The van der Waals surface area contributed by atoms with Gasteiger partial charge in [-0.25, -0.2) is 4.98 Å². The number of pyridine rings is 1. The summed E-state index contributed by atoms with van der Waals surface area (Å²) in [5.41, 5.74) is 0.254. The lowest BCUT2D eigenvalue weighted by Crippen LogP contribution is -2.09. The van der Waals surface area contributed by atoms with E-state index in [1.54, 1.807) is 24.3 Å². The fourth-order valence-electron chi connectivity index (χ4n) is 1.66. The van der Waals surface area contributed by atoms with Gasteiger partial charge in [-0.05, 0) is 36.2 Å². The van der Waals surface area contributed by atoms with Crippen molar-refractivity contribution in [3.63, 3.8) is 0 Å². The van der Waals surface area contributed by atoms with Crippen molar-refractivity contribution in [2.45, 2.75) is 12.6 Å². The molecular weight excluding hydrogens is 269 g/mol. The van der Waals surface area contributed by atoms with Crippen LogP contribution in [0, 0.1) is 0 Å². The Morgan fingerprint density at radius 3 is 2.30 bits per heavy atom. The van der Waals surface area contributed by atoms with E-state index in [1.165, 1.54) is 6.07 Å². The summed E-state index contributed by atoms with van der Waals surface area (Å²) in [6, 6.07) is 9.06. The molecule has 0 atom stereocenters. The number of anilines is 1. The van der Waals surface area contributed by atoms with Crippen LogP contribution in [-0.4, -0.2) is 16.6 Å². The van der Waals surface area contributed by atoms with Crippen molar-refractivity contribution in [3.05, 3.63) is 53.7 Å². The highest BCUT2D eigenvalue weighted by molar-refractivity contribution is 5.36. The van der Waals surface area contributed by atoms with Crippen LogP contribution in [-0.2, 0) is 12.6 Å². The minimum Gasteiger partial charge on any atom is -0.508 e. The van der Waals surface area contributed by atoms with Crippen LogP contribution in [0.15, 0.2) is 42.6 Å². The Labute approximate surface area is 114 Å². The quantitative estimate of drug-likeness (QED) is 0.902. The molecule has 0 saturated heterocycles. The molecule has 2 rings (SSSR count). The fraction of sp³-hybridized carbons (Fsp3) is 0.214. The van der Waals surface area contributed by atoms with Gasteiger partial charge in [0.25, 0.3) is 0 Å². The fourth-order valence-corrected chi connectivity index (χ4v) is 1.66. The van der Waals surface area contributed by atoms with Gasteiger partial charge in [-0.1, -0.05) is 12.1 Å². The molecule has 20 heavy (non-hydrogen) atoms. The van der Waals surface area contributed by atoms with E-state index in [0.29, 0.717) is 18.8 Å². The molecule has 2 N–H and O–H groups in total. The first-order valence-electron chi connectivity index (χ1n) is 6.00. The Bertz CT molecular complexity index is 550. The van der Waals surface area contributed by atoms with E-state index in [0.717, 1.165) is 17.8 Å². The molecule has 6 heteroatoms. The molecule has 1 aromatic heterocycles. The number of alkyl halides is 3. The predicted octanol–water partition coefficient (Wildman–Crippen LogP) is 3.46. The van der Waals surface area contributed by atoms with Gasteiger partial charge in [-0.2, -0.15) is 13.2 Å². The lowest BCUT2D eigenvalue weighted by molar-refractivity contribution is -0.137. The standard InChI is InChI=1S/C14H13F3N2O/c15-14(16,17)11-3-6-13(19-9-11)18-8-7-10-1-4-12(20)5-2-10/h1-6,9,20H,7-8H2,(H,18,19). The molecule has 0 radical (unpaired) electrons. The number of nitrogens with one attached hydrogen (secondary N) is 1. The summed E-state index contributed by atoms with van der Waals surface area (Å²) >= 11 is 0. The van der Waals surface area contributed by atoms with Crippen LogP contribution in [0.1, 0.15) is 11.1 Å². The van der Waals surface area contributed by atoms with E-state index in [4.69, 9.17) is 5.11 Å². The normalized spacial score (nSPS) is 11.3. The van der Waals surface area contributed by atoms with E-state index in [1.807, 2.05) is 0 Å². The zero-order valence-corrected chi connectivity index (χ0v) is 10.5. The average molecular weight is 282 g/mol. The smallest absolute Gasteiger partial charge is 0.417 e. The van der Waals surface area contributed by atoms with E-state index in [9.17, 15) is 13.2 Å². The van der Waals surface area contributed by atoms with E-state index < -0.39 is 11.7 Å². The first-order chi connectivity index (χ1) is 9.45. The van der Waals surface area contributed by atoms with Crippen LogP contribution in [0.2, 0.25) is 0 Å². The highest BCUT2D eigenvalue weighted by Gasteiger charge is 2.30. The zero-order chi connectivity index (χ0) is 14.6. The number of hydrogen-bond acceptors (Lipinski definition) is 3. The third kappa shape index (κ3) is 3.88. The monoisotopic (exact) mass is 282 g/mol. The van der Waals surface area contributed by atoms with Crippen LogP contribution >= 0.6 is 0 Å². The molecule has 0 fully saturated rings. The molecule has 0 aliphatic rings. The molecular formula is C14H13F3N2O. The number of benzene rings is 1. The number of phenolic OH excluding ortho intramolecular Hbond substituents is 1. The van der Waals surface area contributed by atoms with Gasteiger partial charge in [-0.15, -0.1) is 0 Å². The lowest BCUT2D eigenvalue weighted by Gasteiger charge is -2.08. The zero-order valence-electron chi connectivity index (χ0n) is 10.5. The summed E-state index contributed by atoms with van der Waals surface area (Å²) in [5.74, 6) is 0.600. The Morgan fingerprint density at radius 2 is 1.75 bits per heavy atom. The number of aromatic nitrogens is 1. The molecule has 0 spiro atoms. The van der Waals surface area contributed by atoms with Crippen molar-refractivity contribution in [2.75, 3.05) is 11.9 Å². The minimum atomic E-state index is -4.36. The molecule has 3 nitrogen and oxygen atoms in total. The SMILES string of the molecule is Oc1ccc(CCNc2ccc(C(F)(F)F)cn2)cc1. The van der Waals surface area contributed by atoms with Crippen LogP contribution in [0.5, 0.6) is 5.75 Å². The van der Waals surface area contributed by atoms with Crippen molar-refractivity contribution in [3.8, 4) is 5.75 Å². The summed E-state index contributed by atoms with van der Waals surface area (Å²) in [4.78, 5) is 3.72. The van der Waals surface area contributed by atoms with Gasteiger partial charge < -0.3 is 10.4 Å². The van der Waals surface area contributed by atoms with Gasteiger partial charge in [0, 0.05) is 12.7 Å². The molecule has 2 aromatic rings. The second-order valence-corrected chi connectivity index (χ2v) is 4.27. The second kappa shape index (κ2) is 5.81. The Hall–Kier alpha value is -2.24. The number of phenols is 1. The van der Waals surface area contributed by atoms with Crippen LogP contribution in [0.4, 0.5) is 19.0 Å². The van der Waals surface area contributed by atoms with Crippen LogP contribution in [0.3, 0.4) is 0 Å². The maximum absolute atomic E-state index is 12.3. The van der Waals surface area contributed by atoms with Crippen molar-refractivity contribution in [2.24, 2.45) is 0 Å². The molecule has 0 saturated carbocycles. The largest absolute Gasteiger partial charge is 0.508 e.